The first kappa shape index (κ1) is 27.5. The molecule has 49 heavy (non-hydrogen) atoms. The first-order valence-corrected chi connectivity index (χ1v) is 16.6. The molecule has 230 valence electrons. The Kier molecular flexibility index (Phi) is 6.18. The van der Waals surface area contributed by atoms with Gasteiger partial charge in [0, 0.05) is 38.9 Å². The first-order valence-electron chi connectivity index (χ1n) is 16.6. The zero-order valence-corrected chi connectivity index (χ0v) is 26.5. The number of hydrogen-bond donors (Lipinski definition) is 0. The van der Waals surface area contributed by atoms with E-state index in [-0.39, 0.29) is 0 Å². The van der Waals surface area contributed by atoms with Crippen LogP contribution >= 0.6 is 0 Å². The standard InChI is InChI=1S/C46H29NO2/c1-3-13-30(14-4-1)33-25-27-40(36-18-8-7-17-35(33)36)47(32-23-24-38-37-19-9-11-21-42(37)48-44(38)29-32)41-28-26-34(31-15-5-2-6-16-31)46-45(41)39-20-10-12-22-43(39)49-46/h1-29H. The number of benzene rings is 8. The molecule has 0 radical (unpaired) electrons. The molecule has 0 atom stereocenters. The Morgan fingerprint density at radius 3 is 1.65 bits per heavy atom. The summed E-state index contributed by atoms with van der Waals surface area (Å²) < 4.78 is 13.2. The molecule has 0 spiro atoms. The van der Waals surface area contributed by atoms with Crippen molar-refractivity contribution in [3.63, 3.8) is 0 Å². The van der Waals surface area contributed by atoms with Crippen LogP contribution in [-0.4, -0.2) is 0 Å². The molecule has 0 N–H and O–H groups in total. The predicted octanol–water partition coefficient (Wildman–Crippen LogP) is 13.4. The van der Waals surface area contributed by atoms with E-state index in [9.17, 15) is 0 Å². The van der Waals surface area contributed by atoms with Gasteiger partial charge in [-0.25, -0.2) is 0 Å². The Balaban J connectivity index is 1.30. The van der Waals surface area contributed by atoms with Crippen LogP contribution in [-0.2, 0) is 0 Å². The highest BCUT2D eigenvalue weighted by Crippen LogP contribution is 2.49. The molecule has 0 saturated carbocycles. The van der Waals surface area contributed by atoms with Crippen molar-refractivity contribution in [2.24, 2.45) is 0 Å². The lowest BCUT2D eigenvalue weighted by molar-refractivity contribution is 0.669. The summed E-state index contributed by atoms with van der Waals surface area (Å²) >= 11 is 0. The van der Waals surface area contributed by atoms with Gasteiger partial charge in [0.05, 0.1) is 16.8 Å². The zero-order chi connectivity index (χ0) is 32.3. The lowest BCUT2D eigenvalue weighted by Gasteiger charge is -2.28. The second-order valence-electron chi connectivity index (χ2n) is 12.5. The largest absolute Gasteiger partial charge is 0.456 e. The average Bonchev–Trinajstić information content (AvgIpc) is 3.74. The lowest BCUT2D eigenvalue weighted by Crippen LogP contribution is -2.11. The SMILES string of the molecule is c1ccc(-c2ccc(N(c3ccc4c(c3)oc3ccccc34)c3ccc(-c4ccccc4)c4oc5ccccc5c34)c3ccccc23)cc1. The maximum atomic E-state index is 6.73. The Labute approximate surface area is 282 Å². The molecule has 2 aromatic heterocycles. The molecule has 0 aliphatic heterocycles. The van der Waals surface area contributed by atoms with Crippen molar-refractivity contribution >= 4 is 71.7 Å². The van der Waals surface area contributed by atoms with Crippen molar-refractivity contribution in [1.29, 1.82) is 0 Å². The molecule has 0 aliphatic rings. The molecule has 0 amide bonds. The van der Waals surface area contributed by atoms with Gasteiger partial charge in [0.25, 0.3) is 0 Å². The smallest absolute Gasteiger partial charge is 0.145 e. The summed E-state index contributed by atoms with van der Waals surface area (Å²) in [7, 11) is 0. The van der Waals surface area contributed by atoms with E-state index >= 15 is 0 Å². The Hall–Kier alpha value is -6.58. The Morgan fingerprint density at radius 2 is 0.898 bits per heavy atom. The normalized spacial score (nSPS) is 11.7. The van der Waals surface area contributed by atoms with Crippen LogP contribution in [0.4, 0.5) is 17.1 Å². The van der Waals surface area contributed by atoms with Gasteiger partial charge < -0.3 is 13.7 Å². The second-order valence-corrected chi connectivity index (χ2v) is 12.5. The molecule has 3 heteroatoms. The molecule has 3 nitrogen and oxygen atoms in total. The van der Waals surface area contributed by atoms with Crippen LogP contribution in [0.2, 0.25) is 0 Å². The van der Waals surface area contributed by atoms with Crippen LogP contribution in [0.1, 0.15) is 0 Å². The van der Waals surface area contributed by atoms with Crippen LogP contribution in [0.15, 0.2) is 185 Å². The van der Waals surface area contributed by atoms with Crippen LogP contribution < -0.4 is 4.90 Å². The minimum atomic E-state index is 0.850. The van der Waals surface area contributed by atoms with Crippen molar-refractivity contribution in [3.8, 4) is 22.3 Å². The summed E-state index contributed by atoms with van der Waals surface area (Å²) in [6.45, 7) is 0. The first-order chi connectivity index (χ1) is 24.3. The summed E-state index contributed by atoms with van der Waals surface area (Å²) in [5.41, 5.74) is 11.1. The Bertz CT molecular complexity index is 2830. The molecule has 8 aromatic carbocycles. The van der Waals surface area contributed by atoms with Gasteiger partial charge in [0.15, 0.2) is 0 Å². The van der Waals surface area contributed by atoms with E-state index in [2.05, 4.69) is 157 Å². The van der Waals surface area contributed by atoms with Crippen LogP contribution in [0, 0.1) is 0 Å². The maximum Gasteiger partial charge on any atom is 0.145 e. The number of nitrogens with zero attached hydrogens (tertiary/aromatic N) is 1. The summed E-state index contributed by atoms with van der Waals surface area (Å²) in [6, 6.07) is 61.9. The third kappa shape index (κ3) is 4.37. The maximum absolute atomic E-state index is 6.73. The number of rotatable bonds is 5. The summed E-state index contributed by atoms with van der Waals surface area (Å²) in [6.07, 6.45) is 0. The van der Waals surface area contributed by atoms with Gasteiger partial charge in [-0.2, -0.15) is 0 Å². The van der Waals surface area contributed by atoms with Crippen molar-refractivity contribution in [2.45, 2.75) is 0 Å². The van der Waals surface area contributed by atoms with E-state index in [1.165, 1.54) is 16.5 Å². The van der Waals surface area contributed by atoms with Crippen LogP contribution in [0.3, 0.4) is 0 Å². The molecule has 0 bridgehead atoms. The van der Waals surface area contributed by atoms with E-state index in [0.717, 1.165) is 77.5 Å². The zero-order valence-electron chi connectivity index (χ0n) is 26.5. The van der Waals surface area contributed by atoms with Gasteiger partial charge in [-0.15, -0.1) is 0 Å². The molecular weight excluding hydrogens is 599 g/mol. The minimum absolute atomic E-state index is 0.850. The summed E-state index contributed by atoms with van der Waals surface area (Å²) in [5, 5.41) is 6.70. The topological polar surface area (TPSA) is 29.5 Å². The number of fused-ring (bicyclic) bond motifs is 7. The number of anilines is 3. The van der Waals surface area contributed by atoms with E-state index in [4.69, 9.17) is 8.83 Å². The fourth-order valence-corrected chi connectivity index (χ4v) is 7.45. The molecule has 2 heterocycles. The fraction of sp³-hybridized carbons (Fsp3) is 0. The summed E-state index contributed by atoms with van der Waals surface area (Å²) in [5.74, 6) is 0. The molecular formula is C46H29NO2. The van der Waals surface area contributed by atoms with Gasteiger partial charge in [0.2, 0.25) is 0 Å². The average molecular weight is 628 g/mol. The molecule has 0 unspecified atom stereocenters. The molecule has 10 aromatic rings. The minimum Gasteiger partial charge on any atom is -0.456 e. The second kappa shape index (κ2) is 11.0. The van der Waals surface area contributed by atoms with Crippen molar-refractivity contribution < 1.29 is 8.83 Å². The molecule has 0 fully saturated rings. The van der Waals surface area contributed by atoms with E-state index in [1.807, 2.05) is 24.3 Å². The number of hydrogen-bond acceptors (Lipinski definition) is 3. The third-order valence-corrected chi connectivity index (χ3v) is 9.68. The van der Waals surface area contributed by atoms with Crippen molar-refractivity contribution in [1.82, 2.24) is 0 Å². The lowest BCUT2D eigenvalue weighted by atomic mass is 9.95. The molecule has 0 aliphatic carbocycles. The highest BCUT2D eigenvalue weighted by Gasteiger charge is 2.24. The van der Waals surface area contributed by atoms with E-state index in [0.29, 0.717) is 0 Å². The van der Waals surface area contributed by atoms with Gasteiger partial charge in [-0.1, -0.05) is 127 Å². The van der Waals surface area contributed by atoms with Gasteiger partial charge in [-0.3, -0.25) is 0 Å². The molecule has 10 rings (SSSR count). The van der Waals surface area contributed by atoms with Crippen LogP contribution in [0.5, 0.6) is 0 Å². The van der Waals surface area contributed by atoms with Crippen LogP contribution in [0.25, 0.3) is 76.9 Å². The third-order valence-electron chi connectivity index (χ3n) is 9.68. The highest BCUT2D eigenvalue weighted by molar-refractivity contribution is 6.19. The van der Waals surface area contributed by atoms with Gasteiger partial charge in [0.1, 0.15) is 22.3 Å². The van der Waals surface area contributed by atoms with Gasteiger partial charge in [-0.05, 0) is 64.5 Å². The quantitative estimate of drug-likeness (QED) is 0.190. The van der Waals surface area contributed by atoms with E-state index in [1.54, 1.807) is 0 Å². The predicted molar refractivity (Wildman–Crippen MR) is 204 cm³/mol. The van der Waals surface area contributed by atoms with Crippen molar-refractivity contribution in [3.05, 3.63) is 176 Å². The number of para-hydroxylation sites is 2. The monoisotopic (exact) mass is 627 g/mol. The van der Waals surface area contributed by atoms with Crippen molar-refractivity contribution in [2.75, 3.05) is 4.90 Å². The van der Waals surface area contributed by atoms with Gasteiger partial charge >= 0.3 is 0 Å². The Morgan fingerprint density at radius 1 is 0.347 bits per heavy atom. The molecule has 0 saturated heterocycles. The highest BCUT2D eigenvalue weighted by atomic mass is 16.3. The fourth-order valence-electron chi connectivity index (χ4n) is 7.45. The summed E-state index contributed by atoms with van der Waals surface area (Å²) in [4.78, 5) is 2.38. The number of furan rings is 2. The van der Waals surface area contributed by atoms with E-state index < -0.39 is 0 Å².